The van der Waals surface area contributed by atoms with Gasteiger partial charge in [0.05, 0.1) is 29.4 Å². The smallest absolute Gasteiger partial charge is 0.335 e. The van der Waals surface area contributed by atoms with Gasteiger partial charge in [-0.05, 0) is 54.6 Å². The third-order valence-corrected chi connectivity index (χ3v) is 5.30. The van der Waals surface area contributed by atoms with Crippen molar-refractivity contribution in [1.29, 1.82) is 0 Å². The standard InChI is InChI=1S/C22H14BrN3O7/c1-32-14-6-8-16(18(11-14)26(30)31)19-9-7-15(33-19)10-17-20(27)24-22(29)25(21(17)28)13-4-2-12(23)3-5-13/h2-11H,1H3,(H,24,27,29)/b17-10-. The van der Waals surface area contributed by atoms with Crippen LogP contribution >= 0.6 is 15.9 Å². The minimum atomic E-state index is -0.883. The summed E-state index contributed by atoms with van der Waals surface area (Å²) in [5.74, 6) is -1.16. The van der Waals surface area contributed by atoms with Crippen molar-refractivity contribution >= 4 is 51.2 Å². The number of carbonyl (C=O) groups is 3. The average molecular weight is 512 g/mol. The van der Waals surface area contributed by atoms with Crippen molar-refractivity contribution < 1.29 is 28.5 Å². The molecule has 0 unspecified atom stereocenters. The second kappa shape index (κ2) is 8.71. The lowest BCUT2D eigenvalue weighted by molar-refractivity contribution is -0.384. The number of urea groups is 1. The highest BCUT2D eigenvalue weighted by Gasteiger charge is 2.37. The van der Waals surface area contributed by atoms with Gasteiger partial charge in [0.15, 0.2) is 0 Å². The zero-order chi connectivity index (χ0) is 23.7. The molecule has 1 aliphatic heterocycles. The van der Waals surface area contributed by atoms with Crippen LogP contribution in [0.25, 0.3) is 17.4 Å². The molecule has 4 rings (SSSR count). The van der Waals surface area contributed by atoms with E-state index < -0.39 is 22.8 Å². The van der Waals surface area contributed by atoms with Crippen LogP contribution in [0.1, 0.15) is 5.76 Å². The fourth-order valence-corrected chi connectivity index (χ4v) is 3.46. The van der Waals surface area contributed by atoms with E-state index in [1.807, 2.05) is 0 Å². The lowest BCUT2D eigenvalue weighted by Crippen LogP contribution is -2.54. The molecule has 0 spiro atoms. The molecule has 0 bridgehead atoms. The molecule has 0 radical (unpaired) electrons. The summed E-state index contributed by atoms with van der Waals surface area (Å²) in [7, 11) is 1.39. The molecule has 1 N–H and O–H groups in total. The van der Waals surface area contributed by atoms with Gasteiger partial charge in [0, 0.05) is 4.47 Å². The van der Waals surface area contributed by atoms with E-state index in [4.69, 9.17) is 9.15 Å². The van der Waals surface area contributed by atoms with Gasteiger partial charge in [0.1, 0.15) is 22.8 Å². The van der Waals surface area contributed by atoms with Gasteiger partial charge < -0.3 is 9.15 Å². The highest BCUT2D eigenvalue weighted by Crippen LogP contribution is 2.34. The fraction of sp³-hybridized carbons (Fsp3) is 0.0455. The van der Waals surface area contributed by atoms with Crippen LogP contribution in [-0.4, -0.2) is 29.9 Å². The molecule has 3 aromatic rings. The number of nitro groups is 1. The summed E-state index contributed by atoms with van der Waals surface area (Å²) in [5.41, 5.74) is -0.103. The Morgan fingerprint density at radius 2 is 1.82 bits per heavy atom. The van der Waals surface area contributed by atoms with Crippen LogP contribution in [0.4, 0.5) is 16.2 Å². The number of furan rings is 1. The number of barbiturate groups is 1. The van der Waals surface area contributed by atoms with E-state index in [2.05, 4.69) is 21.2 Å². The van der Waals surface area contributed by atoms with Crippen LogP contribution in [0, 0.1) is 10.1 Å². The molecule has 33 heavy (non-hydrogen) atoms. The van der Waals surface area contributed by atoms with E-state index in [1.165, 1.54) is 37.5 Å². The molecular weight excluding hydrogens is 498 g/mol. The molecule has 0 aliphatic carbocycles. The van der Waals surface area contributed by atoms with Crippen LogP contribution in [0.2, 0.25) is 0 Å². The first-order valence-electron chi connectivity index (χ1n) is 9.38. The molecule has 1 saturated heterocycles. The second-order valence-electron chi connectivity index (χ2n) is 6.78. The molecule has 2 aromatic carbocycles. The Morgan fingerprint density at radius 3 is 2.48 bits per heavy atom. The molecule has 2 heterocycles. The summed E-state index contributed by atoms with van der Waals surface area (Å²) in [5, 5.41) is 13.6. The molecule has 4 amide bonds. The number of benzene rings is 2. The second-order valence-corrected chi connectivity index (χ2v) is 7.69. The summed E-state index contributed by atoms with van der Waals surface area (Å²) >= 11 is 3.28. The van der Waals surface area contributed by atoms with Crippen molar-refractivity contribution in [1.82, 2.24) is 5.32 Å². The minimum absolute atomic E-state index is 0.0960. The number of nitrogens with one attached hydrogen (secondary N) is 1. The summed E-state index contributed by atoms with van der Waals surface area (Å²) in [6.07, 6.45) is 1.18. The Morgan fingerprint density at radius 1 is 1.09 bits per heavy atom. The van der Waals surface area contributed by atoms with E-state index in [-0.39, 0.29) is 34.0 Å². The predicted molar refractivity (Wildman–Crippen MR) is 120 cm³/mol. The summed E-state index contributed by atoms with van der Waals surface area (Å²) in [6.45, 7) is 0. The van der Waals surface area contributed by atoms with Crippen molar-refractivity contribution in [3.05, 3.63) is 80.5 Å². The lowest BCUT2D eigenvalue weighted by atomic mass is 10.1. The number of nitro benzene ring substituents is 1. The maximum Gasteiger partial charge on any atom is 0.335 e. The van der Waals surface area contributed by atoms with E-state index in [9.17, 15) is 24.5 Å². The zero-order valence-electron chi connectivity index (χ0n) is 16.9. The number of hydrogen-bond acceptors (Lipinski definition) is 7. The Kier molecular flexibility index (Phi) is 5.80. The number of nitrogens with zero attached hydrogens (tertiary/aromatic N) is 2. The van der Waals surface area contributed by atoms with Crippen LogP contribution in [0.3, 0.4) is 0 Å². The van der Waals surface area contributed by atoms with Crippen LogP contribution in [0.5, 0.6) is 5.75 Å². The number of ether oxygens (including phenoxy) is 1. The molecule has 11 heteroatoms. The number of anilines is 1. The fourth-order valence-electron chi connectivity index (χ4n) is 3.20. The first-order valence-corrected chi connectivity index (χ1v) is 10.2. The number of imide groups is 2. The topological polar surface area (TPSA) is 132 Å². The number of halogens is 1. The molecular formula is C22H14BrN3O7. The van der Waals surface area contributed by atoms with Crippen molar-refractivity contribution in [3.8, 4) is 17.1 Å². The van der Waals surface area contributed by atoms with Gasteiger partial charge in [0.25, 0.3) is 17.5 Å². The van der Waals surface area contributed by atoms with Crippen molar-refractivity contribution in [2.75, 3.05) is 12.0 Å². The van der Waals surface area contributed by atoms with Gasteiger partial charge >= 0.3 is 6.03 Å². The highest BCUT2D eigenvalue weighted by molar-refractivity contribution is 9.10. The molecule has 166 valence electrons. The maximum atomic E-state index is 12.9. The molecule has 1 fully saturated rings. The van der Waals surface area contributed by atoms with Gasteiger partial charge in [0.2, 0.25) is 0 Å². The Labute approximate surface area is 194 Å². The number of rotatable bonds is 5. The Hall–Kier alpha value is -4.25. The SMILES string of the molecule is COc1ccc(-c2ccc(/C=C3/C(=O)NC(=O)N(c4ccc(Br)cc4)C3=O)o2)c([N+](=O)[O-])c1. The summed E-state index contributed by atoms with van der Waals surface area (Å²) < 4.78 is 11.4. The normalized spacial score (nSPS) is 15.0. The molecule has 10 nitrogen and oxygen atoms in total. The quantitative estimate of drug-likeness (QED) is 0.233. The Bertz CT molecular complexity index is 1330. The van der Waals surface area contributed by atoms with E-state index >= 15 is 0 Å². The first kappa shape index (κ1) is 22.0. The van der Waals surface area contributed by atoms with Gasteiger partial charge in [-0.1, -0.05) is 15.9 Å². The number of amides is 4. The van der Waals surface area contributed by atoms with Gasteiger partial charge in [-0.2, -0.15) is 0 Å². The zero-order valence-corrected chi connectivity index (χ0v) is 18.5. The molecule has 1 aliphatic rings. The lowest BCUT2D eigenvalue weighted by Gasteiger charge is -2.26. The van der Waals surface area contributed by atoms with Crippen LogP contribution in [0.15, 0.2) is 69.1 Å². The first-order chi connectivity index (χ1) is 15.8. The van der Waals surface area contributed by atoms with E-state index in [1.54, 1.807) is 30.3 Å². The minimum Gasteiger partial charge on any atom is -0.497 e. The van der Waals surface area contributed by atoms with Crippen LogP contribution < -0.4 is 15.0 Å². The Balaban J connectivity index is 1.69. The average Bonchev–Trinajstić information content (AvgIpc) is 3.26. The van der Waals surface area contributed by atoms with Gasteiger partial charge in [-0.3, -0.25) is 25.0 Å². The third kappa shape index (κ3) is 4.26. The van der Waals surface area contributed by atoms with Crippen molar-refractivity contribution in [2.24, 2.45) is 0 Å². The number of carbonyl (C=O) groups excluding carboxylic acids is 3. The number of methoxy groups -OCH3 is 1. The third-order valence-electron chi connectivity index (χ3n) is 4.77. The van der Waals surface area contributed by atoms with E-state index in [0.717, 1.165) is 9.37 Å². The molecule has 0 saturated carbocycles. The largest absolute Gasteiger partial charge is 0.497 e. The number of hydrogen-bond donors (Lipinski definition) is 1. The van der Waals surface area contributed by atoms with E-state index in [0.29, 0.717) is 5.75 Å². The maximum absolute atomic E-state index is 12.9. The van der Waals surface area contributed by atoms with Gasteiger partial charge in [-0.25, -0.2) is 9.69 Å². The van der Waals surface area contributed by atoms with Crippen molar-refractivity contribution in [2.45, 2.75) is 0 Å². The monoisotopic (exact) mass is 511 g/mol. The predicted octanol–water partition coefficient (Wildman–Crippen LogP) is 4.29. The molecule has 1 aromatic heterocycles. The van der Waals surface area contributed by atoms with Crippen molar-refractivity contribution in [3.63, 3.8) is 0 Å². The van der Waals surface area contributed by atoms with Crippen LogP contribution in [-0.2, 0) is 9.59 Å². The van der Waals surface area contributed by atoms with Gasteiger partial charge in [-0.15, -0.1) is 0 Å². The summed E-state index contributed by atoms with van der Waals surface area (Å²) in [6, 6.07) is 12.7. The molecule has 0 atom stereocenters. The highest BCUT2D eigenvalue weighted by atomic mass is 79.9. The summed E-state index contributed by atoms with van der Waals surface area (Å²) in [4.78, 5) is 49.3.